The highest BCUT2D eigenvalue weighted by atomic mass is 79.9. The molecule has 0 heterocycles. The van der Waals surface area contributed by atoms with E-state index < -0.39 is 0 Å². The van der Waals surface area contributed by atoms with Crippen LogP contribution in [-0.2, 0) is 16.1 Å². The molecule has 1 unspecified atom stereocenters. The van der Waals surface area contributed by atoms with Gasteiger partial charge in [0.05, 0.1) is 25.4 Å². The van der Waals surface area contributed by atoms with Crippen molar-refractivity contribution in [2.45, 2.75) is 44.8 Å². The number of hydrogen-bond acceptors (Lipinski definition) is 3. The fourth-order valence-corrected chi connectivity index (χ4v) is 2.96. The first kappa shape index (κ1) is 16.2. The Morgan fingerprint density at radius 1 is 1.24 bits per heavy atom. The van der Waals surface area contributed by atoms with Crippen molar-refractivity contribution >= 4 is 21.9 Å². The molecule has 1 aliphatic rings. The Morgan fingerprint density at radius 3 is 2.71 bits per heavy atom. The van der Waals surface area contributed by atoms with Gasteiger partial charge in [0.1, 0.15) is 0 Å². The maximum Gasteiger partial charge on any atom is 0.337 e. The molecule has 21 heavy (non-hydrogen) atoms. The average molecular weight is 353 g/mol. The molecule has 2 rings (SSSR count). The molecule has 1 atom stereocenters. The standard InChI is InChI=1S/C17H21BrO3/c1-20-17(19)14-10-8-13(9-11-14)12-21-16-7-5-3-2-4-6-15(16)18/h6,8-11,16H,2-5,7,12H2,1H3. The van der Waals surface area contributed by atoms with E-state index in [2.05, 4.69) is 26.7 Å². The van der Waals surface area contributed by atoms with Crippen molar-refractivity contribution in [1.82, 2.24) is 0 Å². The van der Waals surface area contributed by atoms with Crippen molar-refractivity contribution in [3.8, 4) is 0 Å². The van der Waals surface area contributed by atoms with E-state index in [4.69, 9.17) is 4.74 Å². The molecule has 3 nitrogen and oxygen atoms in total. The third-order valence-corrected chi connectivity index (χ3v) is 4.48. The van der Waals surface area contributed by atoms with E-state index in [1.54, 1.807) is 12.1 Å². The van der Waals surface area contributed by atoms with E-state index in [0.717, 1.165) is 22.9 Å². The fourth-order valence-electron chi connectivity index (χ4n) is 2.37. The Kier molecular flexibility index (Phi) is 6.46. The average Bonchev–Trinajstić information content (AvgIpc) is 2.50. The van der Waals surface area contributed by atoms with Gasteiger partial charge in [-0.1, -0.05) is 47.0 Å². The first-order valence-electron chi connectivity index (χ1n) is 7.35. The van der Waals surface area contributed by atoms with E-state index in [9.17, 15) is 4.79 Å². The zero-order valence-corrected chi connectivity index (χ0v) is 13.9. The highest BCUT2D eigenvalue weighted by Crippen LogP contribution is 2.25. The number of carbonyl (C=O) groups is 1. The molecule has 0 fully saturated rings. The van der Waals surface area contributed by atoms with Crippen LogP contribution in [0.3, 0.4) is 0 Å². The van der Waals surface area contributed by atoms with Gasteiger partial charge in [-0.15, -0.1) is 0 Å². The predicted molar refractivity (Wildman–Crippen MR) is 86.5 cm³/mol. The Hall–Kier alpha value is -1.13. The number of ether oxygens (including phenoxy) is 2. The van der Waals surface area contributed by atoms with Crippen LogP contribution in [0.5, 0.6) is 0 Å². The van der Waals surface area contributed by atoms with E-state index in [1.165, 1.54) is 26.4 Å². The van der Waals surface area contributed by atoms with Gasteiger partial charge in [-0.05, 0) is 37.0 Å². The molecule has 0 amide bonds. The van der Waals surface area contributed by atoms with Crippen LogP contribution < -0.4 is 0 Å². The van der Waals surface area contributed by atoms with E-state index >= 15 is 0 Å². The maximum absolute atomic E-state index is 11.4. The number of benzene rings is 1. The number of carbonyl (C=O) groups excluding carboxylic acids is 1. The lowest BCUT2D eigenvalue weighted by Crippen LogP contribution is -2.14. The molecule has 0 aliphatic heterocycles. The third kappa shape index (κ3) is 4.97. The number of halogens is 1. The lowest BCUT2D eigenvalue weighted by atomic mass is 10.0. The zero-order valence-electron chi connectivity index (χ0n) is 12.3. The van der Waals surface area contributed by atoms with Crippen LogP contribution in [-0.4, -0.2) is 19.2 Å². The Bertz CT molecular complexity index is 493. The molecule has 114 valence electrons. The molecule has 0 aromatic heterocycles. The zero-order chi connectivity index (χ0) is 15.1. The van der Waals surface area contributed by atoms with Gasteiger partial charge in [-0.2, -0.15) is 0 Å². The van der Waals surface area contributed by atoms with Crippen LogP contribution in [0.15, 0.2) is 34.8 Å². The molecule has 0 saturated heterocycles. The number of hydrogen-bond donors (Lipinski definition) is 0. The van der Waals surface area contributed by atoms with Crippen LogP contribution >= 0.6 is 15.9 Å². The summed E-state index contributed by atoms with van der Waals surface area (Å²) in [5.74, 6) is -0.312. The van der Waals surface area contributed by atoms with Crippen molar-refractivity contribution in [2.24, 2.45) is 0 Å². The van der Waals surface area contributed by atoms with Crippen molar-refractivity contribution in [1.29, 1.82) is 0 Å². The maximum atomic E-state index is 11.4. The van der Waals surface area contributed by atoms with Crippen molar-refractivity contribution in [2.75, 3.05) is 7.11 Å². The second kappa shape index (κ2) is 8.35. The second-order valence-corrected chi connectivity index (χ2v) is 6.13. The summed E-state index contributed by atoms with van der Waals surface area (Å²) in [6, 6.07) is 7.36. The minimum Gasteiger partial charge on any atom is -0.465 e. The molecular weight excluding hydrogens is 332 g/mol. The van der Waals surface area contributed by atoms with Gasteiger partial charge in [0.25, 0.3) is 0 Å². The summed E-state index contributed by atoms with van der Waals surface area (Å²) < 4.78 is 11.9. The van der Waals surface area contributed by atoms with Gasteiger partial charge in [0.15, 0.2) is 0 Å². The van der Waals surface area contributed by atoms with Crippen molar-refractivity contribution < 1.29 is 14.3 Å². The van der Waals surface area contributed by atoms with Crippen molar-refractivity contribution in [3.63, 3.8) is 0 Å². The largest absolute Gasteiger partial charge is 0.465 e. The van der Waals surface area contributed by atoms with Crippen LogP contribution in [0.2, 0.25) is 0 Å². The summed E-state index contributed by atoms with van der Waals surface area (Å²) in [6.07, 6.45) is 8.27. The monoisotopic (exact) mass is 352 g/mol. The molecule has 1 aromatic carbocycles. The first-order chi connectivity index (χ1) is 10.2. The highest BCUT2D eigenvalue weighted by Gasteiger charge is 2.14. The molecular formula is C17H21BrO3. The van der Waals surface area contributed by atoms with Gasteiger partial charge in [0, 0.05) is 4.48 Å². The fraction of sp³-hybridized carbons (Fsp3) is 0.471. The number of allylic oxidation sites excluding steroid dienone is 1. The minimum atomic E-state index is -0.312. The molecule has 0 spiro atoms. The van der Waals surface area contributed by atoms with Crippen LogP contribution in [0.1, 0.15) is 48.0 Å². The second-order valence-electron chi connectivity index (χ2n) is 5.22. The summed E-state index contributed by atoms with van der Waals surface area (Å²) >= 11 is 3.63. The number of methoxy groups -OCH3 is 1. The minimum absolute atomic E-state index is 0.144. The molecule has 1 aliphatic carbocycles. The third-order valence-electron chi connectivity index (χ3n) is 3.64. The van der Waals surface area contributed by atoms with Gasteiger partial charge in [0.2, 0.25) is 0 Å². The number of rotatable bonds is 4. The van der Waals surface area contributed by atoms with E-state index in [-0.39, 0.29) is 12.1 Å². The summed E-state index contributed by atoms with van der Waals surface area (Å²) in [5, 5.41) is 0. The summed E-state index contributed by atoms with van der Waals surface area (Å²) in [5.41, 5.74) is 1.62. The van der Waals surface area contributed by atoms with Gasteiger partial charge in [-0.3, -0.25) is 0 Å². The molecule has 0 saturated carbocycles. The van der Waals surface area contributed by atoms with E-state index in [1.807, 2.05) is 12.1 Å². The van der Waals surface area contributed by atoms with E-state index in [0.29, 0.717) is 12.2 Å². The number of esters is 1. The smallest absolute Gasteiger partial charge is 0.337 e. The first-order valence-corrected chi connectivity index (χ1v) is 8.14. The molecule has 0 bridgehead atoms. The Labute approximate surface area is 134 Å². The van der Waals surface area contributed by atoms with Gasteiger partial charge < -0.3 is 9.47 Å². The summed E-state index contributed by atoms with van der Waals surface area (Å²) in [6.45, 7) is 0.551. The topological polar surface area (TPSA) is 35.5 Å². The Morgan fingerprint density at radius 2 is 2.00 bits per heavy atom. The van der Waals surface area contributed by atoms with Crippen LogP contribution in [0.4, 0.5) is 0 Å². The lowest BCUT2D eigenvalue weighted by molar-refractivity contribution is 0.0595. The molecule has 4 heteroatoms. The highest BCUT2D eigenvalue weighted by molar-refractivity contribution is 9.11. The van der Waals surface area contributed by atoms with Crippen LogP contribution in [0, 0.1) is 0 Å². The normalized spacial score (nSPS) is 19.3. The SMILES string of the molecule is COC(=O)c1ccc(COC2CCCCCC=C2Br)cc1. The summed E-state index contributed by atoms with van der Waals surface area (Å²) in [4.78, 5) is 11.4. The molecule has 0 radical (unpaired) electrons. The molecule has 0 N–H and O–H groups in total. The van der Waals surface area contributed by atoms with Gasteiger partial charge >= 0.3 is 5.97 Å². The summed E-state index contributed by atoms with van der Waals surface area (Å²) in [7, 11) is 1.39. The van der Waals surface area contributed by atoms with Gasteiger partial charge in [-0.25, -0.2) is 4.79 Å². The predicted octanol–water partition coefficient (Wildman–Crippen LogP) is 4.60. The van der Waals surface area contributed by atoms with Crippen LogP contribution in [0.25, 0.3) is 0 Å². The lowest BCUT2D eigenvalue weighted by Gasteiger charge is -2.19. The quantitative estimate of drug-likeness (QED) is 0.742. The Balaban J connectivity index is 1.92. The van der Waals surface area contributed by atoms with Crippen molar-refractivity contribution in [3.05, 3.63) is 46.0 Å². The molecule has 1 aromatic rings.